The van der Waals surface area contributed by atoms with Crippen molar-refractivity contribution in [2.45, 2.75) is 30.7 Å². The lowest BCUT2D eigenvalue weighted by Crippen LogP contribution is -2.15. The first-order valence-electron chi connectivity index (χ1n) is 8.73. The average Bonchev–Trinajstić information content (AvgIpc) is 3.36. The van der Waals surface area contributed by atoms with Gasteiger partial charge in [0.05, 0.1) is 5.25 Å². The minimum Gasteiger partial charge on any atom is -0.358 e. The zero-order valence-corrected chi connectivity index (χ0v) is 17.0. The predicted molar refractivity (Wildman–Crippen MR) is 111 cm³/mol. The second-order valence-electron chi connectivity index (χ2n) is 6.51. The molecule has 4 rings (SSSR count). The first-order chi connectivity index (χ1) is 13.0. The summed E-state index contributed by atoms with van der Waals surface area (Å²) in [7, 11) is 1.96. The van der Waals surface area contributed by atoms with Crippen molar-refractivity contribution in [1.82, 2.24) is 19.7 Å². The van der Waals surface area contributed by atoms with Crippen molar-refractivity contribution in [3.8, 4) is 0 Å². The first-order valence-corrected chi connectivity index (χ1v) is 10.5. The van der Waals surface area contributed by atoms with Crippen LogP contribution in [0.25, 0.3) is 10.9 Å². The van der Waals surface area contributed by atoms with Crippen LogP contribution in [0.5, 0.6) is 0 Å². The van der Waals surface area contributed by atoms with Crippen molar-refractivity contribution in [2.75, 3.05) is 0 Å². The normalized spacial score (nSPS) is 12.6. The van der Waals surface area contributed by atoms with Crippen molar-refractivity contribution in [3.63, 3.8) is 0 Å². The number of carbonyl (C=O) groups excluding carboxylic acids is 1. The van der Waals surface area contributed by atoms with Crippen LogP contribution in [0.1, 0.15) is 33.7 Å². The van der Waals surface area contributed by atoms with E-state index in [1.807, 2.05) is 55.8 Å². The lowest BCUT2D eigenvalue weighted by Gasteiger charge is -2.10. The molecule has 0 bridgehead atoms. The van der Waals surface area contributed by atoms with Crippen LogP contribution in [-0.2, 0) is 13.5 Å². The van der Waals surface area contributed by atoms with E-state index in [2.05, 4.69) is 26.6 Å². The fraction of sp³-hybridized carbons (Fsp3) is 0.250. The van der Waals surface area contributed by atoms with Crippen LogP contribution < -0.4 is 0 Å². The van der Waals surface area contributed by atoms with Gasteiger partial charge in [0.15, 0.2) is 10.9 Å². The van der Waals surface area contributed by atoms with E-state index in [-0.39, 0.29) is 11.0 Å². The molecule has 0 saturated carbocycles. The molecule has 0 unspecified atom stereocenters. The Kier molecular flexibility index (Phi) is 4.88. The van der Waals surface area contributed by atoms with Crippen molar-refractivity contribution in [3.05, 3.63) is 63.7 Å². The van der Waals surface area contributed by atoms with E-state index in [4.69, 9.17) is 0 Å². The molecule has 0 spiro atoms. The van der Waals surface area contributed by atoms with Crippen LogP contribution in [0, 0.1) is 6.92 Å². The number of ketones is 1. The molecule has 1 aromatic carbocycles. The van der Waals surface area contributed by atoms with Crippen LogP contribution in [0.15, 0.2) is 46.9 Å². The van der Waals surface area contributed by atoms with E-state index in [0.29, 0.717) is 0 Å². The van der Waals surface area contributed by atoms with Gasteiger partial charge in [-0.05, 0) is 31.4 Å². The summed E-state index contributed by atoms with van der Waals surface area (Å²) in [5, 5.41) is 12.2. The quantitative estimate of drug-likeness (QED) is 0.381. The van der Waals surface area contributed by atoms with E-state index in [0.717, 1.165) is 39.6 Å². The summed E-state index contributed by atoms with van der Waals surface area (Å²) in [6.45, 7) is 3.88. The SMILES string of the molecule is Cc1[nH]c2ccccc2c1C(=O)[C@@H](C)Sc1nnc(Cc2cccs2)n1C. The fourth-order valence-electron chi connectivity index (χ4n) is 3.18. The summed E-state index contributed by atoms with van der Waals surface area (Å²) in [4.78, 5) is 17.7. The molecule has 0 fully saturated rings. The van der Waals surface area contributed by atoms with Gasteiger partial charge in [-0.3, -0.25) is 4.79 Å². The number of nitrogens with zero attached hydrogens (tertiary/aromatic N) is 3. The molecule has 0 radical (unpaired) electrons. The summed E-state index contributed by atoms with van der Waals surface area (Å²) in [5.74, 6) is 1.01. The Morgan fingerprint density at radius 2 is 2.07 bits per heavy atom. The van der Waals surface area contributed by atoms with Gasteiger partial charge in [0.1, 0.15) is 5.82 Å². The number of Topliss-reactive ketones (excluding diaryl/α,β-unsaturated/α-hetero) is 1. The lowest BCUT2D eigenvalue weighted by molar-refractivity contribution is 0.0995. The number of thiophene rings is 1. The lowest BCUT2D eigenvalue weighted by atomic mass is 10.1. The molecule has 0 aliphatic carbocycles. The molecule has 138 valence electrons. The van der Waals surface area contributed by atoms with Crippen molar-refractivity contribution in [2.24, 2.45) is 7.05 Å². The molecular formula is C20H20N4OS2. The fourth-order valence-corrected chi connectivity index (χ4v) is 4.77. The maximum atomic E-state index is 13.1. The van der Waals surface area contributed by atoms with Gasteiger partial charge in [0.25, 0.3) is 0 Å². The molecule has 0 amide bonds. The minimum absolute atomic E-state index is 0.109. The zero-order valence-electron chi connectivity index (χ0n) is 15.4. The molecule has 3 heterocycles. The zero-order chi connectivity index (χ0) is 19.0. The van der Waals surface area contributed by atoms with Gasteiger partial charge >= 0.3 is 0 Å². The van der Waals surface area contributed by atoms with E-state index in [9.17, 15) is 4.79 Å². The molecule has 3 aromatic heterocycles. The molecule has 7 heteroatoms. The van der Waals surface area contributed by atoms with E-state index in [1.165, 1.54) is 16.6 Å². The maximum absolute atomic E-state index is 13.1. The molecular weight excluding hydrogens is 376 g/mol. The topological polar surface area (TPSA) is 63.6 Å². The number of hydrogen-bond donors (Lipinski definition) is 1. The molecule has 27 heavy (non-hydrogen) atoms. The van der Waals surface area contributed by atoms with Gasteiger partial charge in [-0.25, -0.2) is 0 Å². The third-order valence-corrected chi connectivity index (χ3v) is 6.64. The summed E-state index contributed by atoms with van der Waals surface area (Å²) < 4.78 is 1.98. The molecule has 4 aromatic rings. The third-order valence-electron chi connectivity index (χ3n) is 4.63. The van der Waals surface area contributed by atoms with Crippen LogP contribution in [0.3, 0.4) is 0 Å². The molecule has 0 saturated heterocycles. The third kappa shape index (κ3) is 3.44. The highest BCUT2D eigenvalue weighted by Gasteiger charge is 2.24. The number of fused-ring (bicyclic) bond motifs is 1. The van der Waals surface area contributed by atoms with Crippen LogP contribution in [0.4, 0.5) is 0 Å². The number of H-pyrrole nitrogens is 1. The largest absolute Gasteiger partial charge is 0.358 e. The summed E-state index contributed by atoms with van der Waals surface area (Å²) in [5.41, 5.74) is 2.67. The Morgan fingerprint density at radius 3 is 2.85 bits per heavy atom. The average molecular weight is 397 g/mol. The number of para-hydroxylation sites is 1. The number of carbonyl (C=O) groups is 1. The van der Waals surface area contributed by atoms with Crippen LogP contribution >= 0.6 is 23.1 Å². The molecule has 0 aliphatic heterocycles. The number of thioether (sulfide) groups is 1. The molecule has 0 aliphatic rings. The molecule has 1 N–H and O–H groups in total. The van der Waals surface area contributed by atoms with Crippen LogP contribution in [-0.4, -0.2) is 30.8 Å². The highest BCUT2D eigenvalue weighted by molar-refractivity contribution is 8.00. The van der Waals surface area contributed by atoms with Crippen molar-refractivity contribution >= 4 is 39.8 Å². The van der Waals surface area contributed by atoms with Gasteiger partial charge in [0.2, 0.25) is 0 Å². The first kappa shape index (κ1) is 18.0. The minimum atomic E-state index is -0.250. The number of benzene rings is 1. The van der Waals surface area contributed by atoms with Crippen molar-refractivity contribution in [1.29, 1.82) is 0 Å². The highest BCUT2D eigenvalue weighted by Crippen LogP contribution is 2.29. The second kappa shape index (κ2) is 7.32. The van der Waals surface area contributed by atoms with E-state index >= 15 is 0 Å². The smallest absolute Gasteiger partial charge is 0.191 e. The highest BCUT2D eigenvalue weighted by atomic mass is 32.2. The number of aromatic amines is 1. The second-order valence-corrected chi connectivity index (χ2v) is 8.85. The monoisotopic (exact) mass is 396 g/mol. The standard InChI is InChI=1S/C20H20N4OS2/c1-12-18(15-8-4-5-9-16(15)21-12)19(25)13(2)27-20-23-22-17(24(20)3)11-14-7-6-10-26-14/h4-10,13,21H,11H2,1-3H3/t13-/m1/s1. The van der Waals surface area contributed by atoms with Gasteiger partial charge in [-0.1, -0.05) is 36.0 Å². The number of hydrogen-bond acceptors (Lipinski definition) is 5. The van der Waals surface area contributed by atoms with Crippen LogP contribution in [0.2, 0.25) is 0 Å². The van der Waals surface area contributed by atoms with Gasteiger partial charge in [-0.15, -0.1) is 21.5 Å². The number of aromatic nitrogens is 4. The number of aryl methyl sites for hydroxylation is 1. The summed E-state index contributed by atoms with van der Waals surface area (Å²) >= 11 is 3.17. The molecule has 5 nitrogen and oxygen atoms in total. The summed E-state index contributed by atoms with van der Waals surface area (Å²) in [6.07, 6.45) is 0.756. The Labute approximate surface area is 165 Å². The Morgan fingerprint density at radius 1 is 1.26 bits per heavy atom. The Balaban J connectivity index is 1.55. The predicted octanol–water partition coefficient (Wildman–Crippen LogP) is 4.62. The van der Waals surface area contributed by atoms with Gasteiger partial charge in [-0.2, -0.15) is 0 Å². The van der Waals surface area contributed by atoms with Gasteiger partial charge in [0, 0.05) is 40.5 Å². The van der Waals surface area contributed by atoms with E-state index < -0.39 is 0 Å². The maximum Gasteiger partial charge on any atom is 0.191 e. The van der Waals surface area contributed by atoms with Crippen molar-refractivity contribution < 1.29 is 4.79 Å². The van der Waals surface area contributed by atoms with E-state index in [1.54, 1.807) is 11.3 Å². The number of nitrogens with one attached hydrogen (secondary N) is 1. The number of rotatable bonds is 6. The molecule has 1 atom stereocenters. The summed E-state index contributed by atoms with van der Waals surface area (Å²) in [6, 6.07) is 12.1. The Bertz CT molecular complexity index is 1090. The van der Waals surface area contributed by atoms with Gasteiger partial charge < -0.3 is 9.55 Å². The Hall–Kier alpha value is -2.38.